The number of rotatable bonds is 2. The topological polar surface area (TPSA) is 6.48 Å². The molecule has 0 N–H and O–H groups in total. The van der Waals surface area contributed by atoms with Gasteiger partial charge in [0.05, 0.1) is 0 Å². The van der Waals surface area contributed by atoms with Crippen molar-refractivity contribution in [2.45, 2.75) is 32.0 Å². The Hall–Kier alpha value is -1.37. The predicted molar refractivity (Wildman–Crippen MR) is 75.1 cm³/mol. The predicted octanol–water partition coefficient (Wildman–Crippen LogP) is 3.77. The van der Waals surface area contributed by atoms with Crippen LogP contribution in [0.15, 0.2) is 12.1 Å². The third-order valence-corrected chi connectivity index (χ3v) is 3.93. The van der Waals surface area contributed by atoms with E-state index in [2.05, 4.69) is 0 Å². The van der Waals surface area contributed by atoms with Crippen molar-refractivity contribution in [2.24, 2.45) is 0 Å². The van der Waals surface area contributed by atoms with Crippen molar-refractivity contribution < 1.29 is 22.0 Å². The minimum absolute atomic E-state index is 0.0603. The molecule has 22 heavy (non-hydrogen) atoms. The van der Waals surface area contributed by atoms with Gasteiger partial charge in [-0.2, -0.15) is 13.2 Å². The van der Waals surface area contributed by atoms with Gasteiger partial charge in [0.1, 0.15) is 17.7 Å². The van der Waals surface area contributed by atoms with Crippen LogP contribution in [0.5, 0.6) is 0 Å². The molecule has 0 radical (unpaired) electrons. The van der Waals surface area contributed by atoms with E-state index >= 15 is 0 Å². The van der Waals surface area contributed by atoms with Gasteiger partial charge in [0.25, 0.3) is 0 Å². The van der Waals surface area contributed by atoms with Crippen molar-refractivity contribution in [3.05, 3.63) is 29.3 Å². The van der Waals surface area contributed by atoms with Crippen LogP contribution in [0.25, 0.3) is 0 Å². The van der Waals surface area contributed by atoms with E-state index in [1.807, 2.05) is 0 Å². The Balaban J connectivity index is 2.41. The maximum Gasteiger partial charge on any atom is 0.409 e. The lowest BCUT2D eigenvalue weighted by atomic mass is 10.0. The third kappa shape index (κ3) is 3.34. The number of hydrogen-bond acceptors (Lipinski definition) is 2. The van der Waals surface area contributed by atoms with Crippen LogP contribution in [0.4, 0.5) is 27.6 Å². The fourth-order valence-corrected chi connectivity index (χ4v) is 2.80. The van der Waals surface area contributed by atoms with Crippen molar-refractivity contribution in [1.82, 2.24) is 4.90 Å². The highest BCUT2D eigenvalue weighted by atomic mass is 19.4. The smallest absolute Gasteiger partial charge is 0.357 e. The molecule has 0 bridgehead atoms. The van der Waals surface area contributed by atoms with E-state index in [4.69, 9.17) is 0 Å². The maximum atomic E-state index is 14.1. The molecule has 1 aliphatic heterocycles. The summed E-state index contributed by atoms with van der Waals surface area (Å²) in [7, 11) is 1.60. The lowest BCUT2D eigenvalue weighted by Crippen LogP contribution is -2.58. The highest BCUT2D eigenvalue weighted by Gasteiger charge is 2.46. The van der Waals surface area contributed by atoms with E-state index in [1.54, 1.807) is 25.8 Å². The first-order valence-electron chi connectivity index (χ1n) is 7.12. The summed E-state index contributed by atoms with van der Waals surface area (Å²) in [6.07, 6.45) is -4.46. The Kier molecular flexibility index (Phi) is 4.65. The van der Waals surface area contributed by atoms with Crippen LogP contribution < -0.4 is 4.90 Å². The van der Waals surface area contributed by atoms with Crippen molar-refractivity contribution in [1.29, 1.82) is 0 Å². The summed E-state index contributed by atoms with van der Waals surface area (Å²) >= 11 is 0. The average Bonchev–Trinajstić information content (AvgIpc) is 2.36. The van der Waals surface area contributed by atoms with Crippen molar-refractivity contribution in [3.63, 3.8) is 0 Å². The van der Waals surface area contributed by atoms with Crippen molar-refractivity contribution in [3.8, 4) is 0 Å². The summed E-state index contributed by atoms with van der Waals surface area (Å²) in [5.41, 5.74) is -0.156. The summed E-state index contributed by atoms with van der Waals surface area (Å²) < 4.78 is 67.7. The van der Waals surface area contributed by atoms with Gasteiger partial charge in [-0.25, -0.2) is 8.78 Å². The van der Waals surface area contributed by atoms with Crippen molar-refractivity contribution in [2.75, 3.05) is 31.6 Å². The fourth-order valence-electron chi connectivity index (χ4n) is 2.80. The zero-order chi connectivity index (χ0) is 16.7. The number of hydrogen-bond donors (Lipinski definition) is 0. The van der Waals surface area contributed by atoms with Crippen LogP contribution in [-0.2, 0) is 0 Å². The Morgan fingerprint density at radius 3 is 2.09 bits per heavy atom. The van der Waals surface area contributed by atoms with Crippen LogP contribution in [0.3, 0.4) is 0 Å². The van der Waals surface area contributed by atoms with Crippen LogP contribution in [0.1, 0.15) is 25.3 Å². The normalized spacial score (nSPS) is 20.8. The Morgan fingerprint density at radius 2 is 1.64 bits per heavy atom. The summed E-state index contributed by atoms with van der Waals surface area (Å²) in [6.45, 7) is 3.52. The monoisotopic (exact) mass is 322 g/mol. The molecule has 1 atom stereocenters. The van der Waals surface area contributed by atoms with E-state index in [0.717, 1.165) is 17.0 Å². The van der Waals surface area contributed by atoms with Gasteiger partial charge in [-0.15, -0.1) is 0 Å². The zero-order valence-corrected chi connectivity index (χ0v) is 12.7. The zero-order valence-electron chi connectivity index (χ0n) is 12.7. The second kappa shape index (κ2) is 6.02. The van der Waals surface area contributed by atoms with Crippen LogP contribution in [-0.4, -0.2) is 43.8 Å². The molecule has 0 saturated carbocycles. The summed E-state index contributed by atoms with van der Waals surface area (Å²) in [6, 6.07) is 0.236. The largest absolute Gasteiger partial charge is 0.409 e. The molecule has 1 aliphatic rings. The molecule has 124 valence electrons. The van der Waals surface area contributed by atoms with E-state index in [1.165, 1.54) is 0 Å². The Morgan fingerprint density at radius 1 is 1.09 bits per heavy atom. The van der Waals surface area contributed by atoms with Crippen LogP contribution in [0.2, 0.25) is 0 Å². The van der Waals surface area contributed by atoms with Gasteiger partial charge in [0.2, 0.25) is 0 Å². The first kappa shape index (κ1) is 17.0. The van der Waals surface area contributed by atoms with E-state index in [-0.39, 0.29) is 30.3 Å². The van der Waals surface area contributed by atoms with Gasteiger partial charge in [-0.1, -0.05) is 13.8 Å². The maximum absolute atomic E-state index is 14.1. The molecule has 2 rings (SSSR count). The van der Waals surface area contributed by atoms with Gasteiger partial charge < -0.3 is 9.80 Å². The number of nitrogens with zero attached hydrogens (tertiary/aromatic N) is 2. The molecule has 7 heteroatoms. The molecule has 0 aliphatic carbocycles. The van der Waals surface area contributed by atoms with Gasteiger partial charge in [-0.3, -0.25) is 0 Å². The average molecular weight is 322 g/mol. The lowest BCUT2D eigenvalue weighted by molar-refractivity contribution is -0.155. The molecular weight excluding hydrogens is 303 g/mol. The van der Waals surface area contributed by atoms with E-state index < -0.39 is 23.9 Å². The summed E-state index contributed by atoms with van der Waals surface area (Å²) in [5, 5.41) is 0. The van der Waals surface area contributed by atoms with Gasteiger partial charge in [-0.05, 0) is 25.1 Å². The molecule has 0 amide bonds. The summed E-state index contributed by atoms with van der Waals surface area (Å²) in [4.78, 5) is 2.60. The number of halogens is 5. The Labute approximate surface area is 126 Å². The lowest BCUT2D eigenvalue weighted by Gasteiger charge is -2.42. The SMILES string of the molecule is CC(C)c1c(F)cc(N2CCN(C)C[C@@H]2C(F)(F)F)cc1F. The molecule has 2 nitrogen and oxygen atoms in total. The van der Waals surface area contributed by atoms with Crippen LogP contribution >= 0.6 is 0 Å². The molecule has 1 aromatic rings. The number of likely N-dealkylation sites (N-methyl/N-ethyl adjacent to an activating group) is 1. The molecule has 0 unspecified atom stereocenters. The standard InChI is InChI=1S/C15H19F5N2/c1-9(2)14-11(16)6-10(7-12(14)17)22-5-4-21(3)8-13(22)15(18,19)20/h6-7,9,13H,4-5,8H2,1-3H3/t13-/m1/s1. The van der Waals surface area contributed by atoms with Crippen molar-refractivity contribution >= 4 is 5.69 Å². The first-order valence-corrected chi connectivity index (χ1v) is 7.12. The number of piperazine rings is 1. The fraction of sp³-hybridized carbons (Fsp3) is 0.600. The number of anilines is 1. The van der Waals surface area contributed by atoms with E-state index in [9.17, 15) is 22.0 Å². The molecule has 1 heterocycles. The van der Waals surface area contributed by atoms with Gasteiger partial charge >= 0.3 is 6.18 Å². The van der Waals surface area contributed by atoms with Gasteiger partial charge in [0, 0.05) is 30.9 Å². The second-order valence-corrected chi connectivity index (χ2v) is 5.99. The third-order valence-electron chi connectivity index (χ3n) is 3.93. The minimum atomic E-state index is -4.46. The second-order valence-electron chi connectivity index (χ2n) is 5.99. The van der Waals surface area contributed by atoms with Gasteiger partial charge in [0.15, 0.2) is 0 Å². The number of alkyl halides is 3. The van der Waals surface area contributed by atoms with E-state index in [0.29, 0.717) is 6.54 Å². The molecule has 1 fully saturated rings. The molecule has 0 aromatic heterocycles. The molecular formula is C15H19F5N2. The Bertz CT molecular complexity index is 518. The highest BCUT2D eigenvalue weighted by molar-refractivity contribution is 5.51. The molecule has 0 spiro atoms. The minimum Gasteiger partial charge on any atom is -0.357 e. The van der Waals surface area contributed by atoms with Crippen LogP contribution in [0, 0.1) is 11.6 Å². The first-order chi connectivity index (χ1) is 10.1. The quantitative estimate of drug-likeness (QED) is 0.765. The number of benzene rings is 1. The summed E-state index contributed by atoms with van der Waals surface area (Å²) in [5.74, 6) is -1.98. The molecule has 1 aromatic carbocycles. The highest BCUT2D eigenvalue weighted by Crippen LogP contribution is 2.34. The molecule has 1 saturated heterocycles.